The Morgan fingerprint density at radius 2 is 1.52 bits per heavy atom. The molecule has 0 bridgehead atoms. The number of methoxy groups -OCH3 is 4. The number of pyridine rings is 1. The second kappa shape index (κ2) is 8.18. The van der Waals surface area contributed by atoms with Crippen LogP contribution in [0, 0.1) is 0 Å². The molecule has 3 rings (SSSR count). The van der Waals surface area contributed by atoms with Gasteiger partial charge in [0.25, 0.3) is 0 Å². The number of hydrogen-bond acceptors (Lipinski definition) is 5. The van der Waals surface area contributed by atoms with Crippen molar-refractivity contribution in [1.82, 2.24) is 4.98 Å². The van der Waals surface area contributed by atoms with Gasteiger partial charge in [0.1, 0.15) is 5.75 Å². The lowest BCUT2D eigenvalue weighted by molar-refractivity contribution is 0.324. The van der Waals surface area contributed by atoms with Crippen molar-refractivity contribution in [2.45, 2.75) is 0 Å². The fourth-order valence-electron chi connectivity index (χ4n) is 2.77. The van der Waals surface area contributed by atoms with Gasteiger partial charge < -0.3 is 18.9 Å². The molecule has 0 amide bonds. The van der Waals surface area contributed by atoms with E-state index >= 15 is 0 Å². The highest BCUT2D eigenvalue weighted by molar-refractivity contribution is 6.35. The molecule has 0 aliphatic rings. The minimum atomic E-state index is 0.554. The first-order valence-electron chi connectivity index (χ1n) is 8.22. The summed E-state index contributed by atoms with van der Waals surface area (Å²) in [6, 6.07) is 11.2. The number of halogens is 1. The predicted molar refractivity (Wildman–Crippen MR) is 108 cm³/mol. The van der Waals surface area contributed by atoms with Gasteiger partial charge in [-0.3, -0.25) is 0 Å². The highest BCUT2D eigenvalue weighted by Gasteiger charge is 2.12. The van der Waals surface area contributed by atoms with Gasteiger partial charge in [-0.1, -0.05) is 17.7 Å². The molecule has 0 radical (unpaired) electrons. The SMILES string of the molecule is COc1ccc2nc(/C=C/c3cc(OC)c(OC)c(OC)c3)cc(Cl)c2c1. The van der Waals surface area contributed by atoms with Gasteiger partial charge in [0.05, 0.1) is 44.7 Å². The highest BCUT2D eigenvalue weighted by Crippen LogP contribution is 2.38. The van der Waals surface area contributed by atoms with Gasteiger partial charge in [-0.05, 0) is 48.0 Å². The van der Waals surface area contributed by atoms with E-state index in [9.17, 15) is 0 Å². The number of aromatic nitrogens is 1. The Labute approximate surface area is 163 Å². The number of fused-ring (bicyclic) bond motifs is 1. The molecule has 0 aliphatic carbocycles. The quantitative estimate of drug-likeness (QED) is 0.591. The Morgan fingerprint density at radius 3 is 2.11 bits per heavy atom. The topological polar surface area (TPSA) is 49.8 Å². The van der Waals surface area contributed by atoms with Crippen LogP contribution in [-0.4, -0.2) is 33.4 Å². The van der Waals surface area contributed by atoms with Gasteiger partial charge in [0.2, 0.25) is 5.75 Å². The maximum Gasteiger partial charge on any atom is 0.203 e. The van der Waals surface area contributed by atoms with Crippen molar-refractivity contribution >= 4 is 34.7 Å². The molecule has 5 nitrogen and oxygen atoms in total. The largest absolute Gasteiger partial charge is 0.497 e. The Kier molecular flexibility index (Phi) is 5.72. The van der Waals surface area contributed by atoms with E-state index in [0.717, 1.165) is 27.9 Å². The summed E-state index contributed by atoms with van der Waals surface area (Å²) in [5, 5.41) is 1.46. The third-order valence-electron chi connectivity index (χ3n) is 4.12. The van der Waals surface area contributed by atoms with E-state index in [-0.39, 0.29) is 0 Å². The first kappa shape index (κ1) is 18.9. The van der Waals surface area contributed by atoms with E-state index in [2.05, 4.69) is 4.98 Å². The lowest BCUT2D eigenvalue weighted by Crippen LogP contribution is -1.95. The lowest BCUT2D eigenvalue weighted by Gasteiger charge is -2.12. The van der Waals surface area contributed by atoms with Crippen LogP contribution in [0.25, 0.3) is 23.1 Å². The van der Waals surface area contributed by atoms with Gasteiger partial charge in [0, 0.05) is 5.39 Å². The summed E-state index contributed by atoms with van der Waals surface area (Å²) in [4.78, 5) is 4.63. The molecule has 6 heteroatoms. The summed E-state index contributed by atoms with van der Waals surface area (Å²) in [5.41, 5.74) is 2.43. The second-order valence-corrected chi connectivity index (χ2v) is 6.11. The van der Waals surface area contributed by atoms with E-state index in [1.165, 1.54) is 0 Å². The second-order valence-electron chi connectivity index (χ2n) is 5.70. The summed E-state index contributed by atoms with van der Waals surface area (Å²) < 4.78 is 21.4. The Morgan fingerprint density at radius 1 is 0.815 bits per heavy atom. The van der Waals surface area contributed by atoms with Crippen molar-refractivity contribution in [2.24, 2.45) is 0 Å². The Balaban J connectivity index is 1.98. The molecule has 140 valence electrons. The van der Waals surface area contributed by atoms with Crippen molar-refractivity contribution in [3.05, 3.63) is 52.7 Å². The van der Waals surface area contributed by atoms with Crippen molar-refractivity contribution < 1.29 is 18.9 Å². The third-order valence-corrected chi connectivity index (χ3v) is 4.43. The fourth-order valence-corrected chi connectivity index (χ4v) is 3.04. The zero-order chi connectivity index (χ0) is 19.4. The molecule has 0 fully saturated rings. The summed E-state index contributed by atoms with van der Waals surface area (Å²) >= 11 is 6.42. The van der Waals surface area contributed by atoms with E-state index in [1.54, 1.807) is 28.4 Å². The number of rotatable bonds is 6. The molecule has 2 aromatic carbocycles. The molecule has 1 heterocycles. The molecular weight excluding hydrogens is 366 g/mol. The molecule has 0 N–H and O–H groups in total. The van der Waals surface area contributed by atoms with Crippen LogP contribution >= 0.6 is 11.6 Å². The summed E-state index contributed by atoms with van der Waals surface area (Å²) in [7, 11) is 6.37. The van der Waals surface area contributed by atoms with Gasteiger partial charge in [-0.15, -0.1) is 0 Å². The zero-order valence-electron chi connectivity index (χ0n) is 15.6. The van der Waals surface area contributed by atoms with Crippen LogP contribution in [-0.2, 0) is 0 Å². The maximum atomic E-state index is 6.42. The van der Waals surface area contributed by atoms with Crippen LogP contribution in [0.2, 0.25) is 5.02 Å². The van der Waals surface area contributed by atoms with Crippen LogP contribution in [0.4, 0.5) is 0 Å². The number of ether oxygens (including phenoxy) is 4. The van der Waals surface area contributed by atoms with Crippen molar-refractivity contribution in [1.29, 1.82) is 0 Å². The maximum absolute atomic E-state index is 6.42. The lowest BCUT2D eigenvalue weighted by atomic mass is 10.1. The van der Waals surface area contributed by atoms with Crippen LogP contribution in [0.1, 0.15) is 11.3 Å². The first-order valence-corrected chi connectivity index (χ1v) is 8.59. The highest BCUT2D eigenvalue weighted by atomic mass is 35.5. The van der Waals surface area contributed by atoms with Gasteiger partial charge >= 0.3 is 0 Å². The number of nitrogens with zero attached hydrogens (tertiary/aromatic N) is 1. The minimum absolute atomic E-state index is 0.554. The van der Waals surface area contributed by atoms with E-state index < -0.39 is 0 Å². The molecule has 0 saturated carbocycles. The summed E-state index contributed by atoms with van der Waals surface area (Å²) in [6.45, 7) is 0. The van der Waals surface area contributed by atoms with Crippen LogP contribution in [0.3, 0.4) is 0 Å². The standard InChI is InChI=1S/C21H20ClNO4/c1-24-15-7-8-18-16(12-15)17(22)11-14(23-18)6-5-13-9-19(25-2)21(27-4)20(10-13)26-3/h5-12H,1-4H3/b6-5+. The van der Waals surface area contributed by atoms with Crippen LogP contribution in [0.15, 0.2) is 36.4 Å². The number of hydrogen-bond donors (Lipinski definition) is 0. The van der Waals surface area contributed by atoms with E-state index in [4.69, 9.17) is 30.5 Å². The van der Waals surface area contributed by atoms with Gasteiger partial charge in [-0.2, -0.15) is 0 Å². The monoisotopic (exact) mass is 385 g/mol. The normalized spacial score (nSPS) is 11.0. The zero-order valence-corrected chi connectivity index (χ0v) is 16.3. The minimum Gasteiger partial charge on any atom is -0.497 e. The molecule has 0 spiro atoms. The average molecular weight is 386 g/mol. The van der Waals surface area contributed by atoms with Gasteiger partial charge in [0.15, 0.2) is 11.5 Å². The molecule has 1 aromatic heterocycles. The third kappa shape index (κ3) is 3.93. The average Bonchev–Trinajstić information content (AvgIpc) is 2.71. The fraction of sp³-hybridized carbons (Fsp3) is 0.190. The Hall–Kier alpha value is -2.92. The molecule has 27 heavy (non-hydrogen) atoms. The molecule has 0 atom stereocenters. The smallest absolute Gasteiger partial charge is 0.203 e. The predicted octanol–water partition coefficient (Wildman–Crippen LogP) is 5.09. The first-order chi connectivity index (χ1) is 13.1. The molecule has 3 aromatic rings. The number of benzene rings is 2. The van der Waals surface area contributed by atoms with E-state index in [0.29, 0.717) is 22.3 Å². The van der Waals surface area contributed by atoms with Crippen LogP contribution < -0.4 is 18.9 Å². The van der Waals surface area contributed by atoms with Gasteiger partial charge in [-0.25, -0.2) is 4.98 Å². The summed E-state index contributed by atoms with van der Waals surface area (Å²) in [6.07, 6.45) is 3.80. The van der Waals surface area contributed by atoms with Crippen molar-refractivity contribution in [3.63, 3.8) is 0 Å². The van der Waals surface area contributed by atoms with E-state index in [1.807, 2.05) is 48.6 Å². The summed E-state index contributed by atoms with van der Waals surface area (Å²) in [5.74, 6) is 2.48. The molecule has 0 aliphatic heterocycles. The van der Waals surface area contributed by atoms with Crippen molar-refractivity contribution in [2.75, 3.05) is 28.4 Å². The van der Waals surface area contributed by atoms with Crippen molar-refractivity contribution in [3.8, 4) is 23.0 Å². The Bertz CT molecular complexity index is 976. The molecule has 0 unspecified atom stereocenters. The molecular formula is C21H20ClNO4. The molecule has 0 saturated heterocycles. The van der Waals surface area contributed by atoms with Crippen LogP contribution in [0.5, 0.6) is 23.0 Å².